The van der Waals surface area contributed by atoms with Gasteiger partial charge in [-0.15, -0.1) is 0 Å². The van der Waals surface area contributed by atoms with Crippen LogP contribution in [0.5, 0.6) is 0 Å². The molecule has 0 aliphatic heterocycles. The van der Waals surface area contributed by atoms with Gasteiger partial charge in [-0.05, 0) is 56.0 Å². The van der Waals surface area contributed by atoms with Gasteiger partial charge in [0.05, 0.1) is 0 Å². The summed E-state index contributed by atoms with van der Waals surface area (Å²) in [7, 11) is 0. The van der Waals surface area contributed by atoms with Crippen LogP contribution in [0.15, 0.2) is 12.1 Å². The Kier molecular flexibility index (Phi) is 8.10. The second kappa shape index (κ2) is 9.56. The summed E-state index contributed by atoms with van der Waals surface area (Å²) in [5.41, 5.74) is 9.76. The third-order valence-electron chi connectivity index (χ3n) is 4.39. The normalized spacial score (nSPS) is 12.6. The molecule has 130 valence electrons. The van der Waals surface area contributed by atoms with E-state index in [1.54, 1.807) is 0 Å². The number of aryl methyl sites for hydroxylation is 2. The topological polar surface area (TPSA) is 66.6 Å². The minimum absolute atomic E-state index is 0.585. The first-order valence-corrected chi connectivity index (χ1v) is 8.81. The molecule has 1 atom stereocenters. The second-order valence-electron chi connectivity index (χ2n) is 6.25. The molecule has 1 aromatic carbocycles. The molecule has 1 aromatic rings. The van der Waals surface area contributed by atoms with Crippen molar-refractivity contribution in [3.05, 3.63) is 28.8 Å². The number of hydrogen-bond donors (Lipinski definition) is 2. The van der Waals surface area contributed by atoms with Crippen LogP contribution >= 0.6 is 0 Å². The number of carboxylic acids is 1. The van der Waals surface area contributed by atoms with E-state index >= 15 is 0 Å². The molecule has 0 aliphatic carbocycles. The first kappa shape index (κ1) is 19.5. The molecule has 4 nitrogen and oxygen atoms in total. The van der Waals surface area contributed by atoms with E-state index in [-0.39, 0.29) is 0 Å². The highest BCUT2D eigenvalue weighted by atomic mass is 16.4. The summed E-state index contributed by atoms with van der Waals surface area (Å²) in [6.07, 6.45) is 4.98. The van der Waals surface area contributed by atoms with Gasteiger partial charge in [0, 0.05) is 5.69 Å². The quantitative estimate of drug-likeness (QED) is 0.635. The number of aliphatic carboxylic acids is 1. The molecule has 4 heteroatoms. The molecule has 0 fully saturated rings. The minimum atomic E-state index is -0.775. The van der Waals surface area contributed by atoms with Crippen LogP contribution in [0.25, 0.3) is 0 Å². The van der Waals surface area contributed by atoms with Gasteiger partial charge in [-0.3, -0.25) is 9.69 Å². The number of hydrogen-bond acceptors (Lipinski definition) is 3. The van der Waals surface area contributed by atoms with Gasteiger partial charge in [0.15, 0.2) is 0 Å². The molecule has 0 aliphatic rings. The molecule has 0 aromatic heterocycles. The molecule has 3 N–H and O–H groups in total. The molecule has 0 amide bonds. The predicted octanol–water partition coefficient (Wildman–Crippen LogP) is 4.17. The van der Waals surface area contributed by atoms with Crippen molar-refractivity contribution < 1.29 is 9.90 Å². The molecule has 0 spiro atoms. The van der Waals surface area contributed by atoms with Crippen molar-refractivity contribution in [2.24, 2.45) is 0 Å². The first-order valence-electron chi connectivity index (χ1n) is 8.81. The van der Waals surface area contributed by atoms with E-state index in [0.29, 0.717) is 0 Å². The zero-order chi connectivity index (χ0) is 17.4. The first-order chi connectivity index (χ1) is 11.0. The minimum Gasteiger partial charge on any atom is -0.480 e. The average molecular weight is 320 g/mol. The Bertz CT molecular complexity index is 506. The number of nitrogens with two attached hydrogens (primary N) is 1. The van der Waals surface area contributed by atoms with Crippen molar-refractivity contribution in [2.45, 2.75) is 65.8 Å². The molecular weight excluding hydrogens is 288 g/mol. The van der Waals surface area contributed by atoms with E-state index in [2.05, 4.69) is 25.7 Å². The van der Waals surface area contributed by atoms with Crippen molar-refractivity contribution in [3.63, 3.8) is 0 Å². The van der Waals surface area contributed by atoms with Gasteiger partial charge in [-0.25, -0.2) is 0 Å². The fraction of sp³-hybridized carbons (Fsp3) is 0.632. The van der Waals surface area contributed by atoms with E-state index in [9.17, 15) is 9.90 Å². The summed E-state index contributed by atoms with van der Waals surface area (Å²) >= 11 is 0. The van der Waals surface area contributed by atoms with E-state index < -0.39 is 12.0 Å². The van der Waals surface area contributed by atoms with Crippen molar-refractivity contribution in [2.75, 3.05) is 18.8 Å². The molecule has 0 bridgehead atoms. The number of carboxylic acid groups (broad SMARTS) is 1. The van der Waals surface area contributed by atoms with Gasteiger partial charge in [0.2, 0.25) is 0 Å². The molecule has 0 heterocycles. The Morgan fingerprint density at radius 1 is 1.17 bits per heavy atom. The van der Waals surface area contributed by atoms with E-state index in [0.717, 1.165) is 67.6 Å². The molecule has 23 heavy (non-hydrogen) atoms. The predicted molar refractivity (Wildman–Crippen MR) is 96.7 cm³/mol. The van der Waals surface area contributed by atoms with Crippen LogP contribution in [0.2, 0.25) is 0 Å². The Hall–Kier alpha value is -1.55. The fourth-order valence-electron chi connectivity index (χ4n) is 2.95. The van der Waals surface area contributed by atoms with Crippen LogP contribution in [-0.2, 0) is 11.2 Å². The number of anilines is 1. The number of carbonyl (C=O) groups is 1. The molecule has 0 saturated carbocycles. The summed E-state index contributed by atoms with van der Waals surface area (Å²) in [6, 6.07) is 3.34. The lowest BCUT2D eigenvalue weighted by Gasteiger charge is -2.30. The van der Waals surface area contributed by atoms with Crippen LogP contribution in [0, 0.1) is 6.92 Å². The van der Waals surface area contributed by atoms with Crippen LogP contribution in [-0.4, -0.2) is 29.1 Å². The summed E-state index contributed by atoms with van der Waals surface area (Å²) in [6.45, 7) is 9.92. The number of rotatable bonds is 10. The lowest BCUT2D eigenvalue weighted by molar-refractivity contribution is -0.143. The van der Waals surface area contributed by atoms with Crippen molar-refractivity contribution >= 4 is 11.7 Å². The van der Waals surface area contributed by atoms with Gasteiger partial charge in [-0.2, -0.15) is 0 Å². The van der Waals surface area contributed by atoms with Crippen molar-refractivity contribution in [1.29, 1.82) is 0 Å². The zero-order valence-electron chi connectivity index (χ0n) is 15.1. The van der Waals surface area contributed by atoms with Gasteiger partial charge in [-0.1, -0.05) is 45.7 Å². The fourth-order valence-corrected chi connectivity index (χ4v) is 2.95. The standard InChI is InChI=1S/C19H32N2O2/c1-5-8-10-21(11-9-6-2)18(19(22)23)16-12-14(4)17(20)15(7-3)13-16/h12-13,18H,5-11,20H2,1-4H3,(H,22,23). The Morgan fingerprint density at radius 2 is 1.74 bits per heavy atom. The highest BCUT2D eigenvalue weighted by Gasteiger charge is 2.27. The smallest absolute Gasteiger partial charge is 0.325 e. The van der Waals surface area contributed by atoms with E-state index in [1.165, 1.54) is 0 Å². The maximum atomic E-state index is 12.0. The monoisotopic (exact) mass is 320 g/mol. The molecule has 1 unspecified atom stereocenters. The van der Waals surface area contributed by atoms with Gasteiger partial charge >= 0.3 is 5.97 Å². The molecular formula is C19H32N2O2. The molecule has 0 radical (unpaired) electrons. The van der Waals surface area contributed by atoms with Gasteiger partial charge < -0.3 is 10.8 Å². The Labute approximate surface area is 140 Å². The van der Waals surface area contributed by atoms with Crippen LogP contribution < -0.4 is 5.73 Å². The van der Waals surface area contributed by atoms with E-state index in [1.807, 2.05) is 19.1 Å². The lowest BCUT2D eigenvalue weighted by Crippen LogP contribution is -2.36. The summed E-state index contributed by atoms with van der Waals surface area (Å²) in [5, 5.41) is 9.85. The van der Waals surface area contributed by atoms with Gasteiger partial charge in [0.25, 0.3) is 0 Å². The number of unbranched alkanes of at least 4 members (excludes halogenated alkanes) is 2. The second-order valence-corrected chi connectivity index (χ2v) is 6.25. The van der Waals surface area contributed by atoms with Crippen molar-refractivity contribution in [1.82, 2.24) is 4.90 Å². The SMILES string of the molecule is CCCCN(CCCC)C(C(=O)O)c1cc(C)c(N)c(CC)c1. The largest absolute Gasteiger partial charge is 0.480 e. The number of benzene rings is 1. The summed E-state index contributed by atoms with van der Waals surface area (Å²) in [5.74, 6) is -0.775. The van der Waals surface area contributed by atoms with Crippen LogP contribution in [0.4, 0.5) is 5.69 Å². The average Bonchev–Trinajstić information content (AvgIpc) is 2.52. The molecule has 0 saturated heterocycles. The molecule has 1 rings (SSSR count). The van der Waals surface area contributed by atoms with E-state index in [4.69, 9.17) is 5.73 Å². The van der Waals surface area contributed by atoms with Crippen LogP contribution in [0.3, 0.4) is 0 Å². The lowest BCUT2D eigenvalue weighted by atomic mass is 9.96. The number of nitrogens with zero attached hydrogens (tertiary/aromatic N) is 1. The highest BCUT2D eigenvalue weighted by molar-refractivity contribution is 5.76. The van der Waals surface area contributed by atoms with Crippen LogP contribution in [0.1, 0.15) is 69.2 Å². The zero-order valence-corrected chi connectivity index (χ0v) is 15.1. The highest BCUT2D eigenvalue weighted by Crippen LogP contribution is 2.28. The Morgan fingerprint density at radius 3 is 2.17 bits per heavy atom. The van der Waals surface area contributed by atoms with Gasteiger partial charge in [0.1, 0.15) is 6.04 Å². The Balaban J connectivity index is 3.21. The summed E-state index contributed by atoms with van der Waals surface area (Å²) in [4.78, 5) is 14.1. The third-order valence-corrected chi connectivity index (χ3v) is 4.39. The number of nitrogen functional groups attached to an aromatic ring is 1. The maximum absolute atomic E-state index is 12.0. The maximum Gasteiger partial charge on any atom is 0.325 e. The summed E-state index contributed by atoms with van der Waals surface area (Å²) < 4.78 is 0. The third kappa shape index (κ3) is 5.24. The van der Waals surface area contributed by atoms with Crippen molar-refractivity contribution in [3.8, 4) is 0 Å².